The Hall–Kier alpha value is -0.900. The zero-order chi connectivity index (χ0) is 12.4. The minimum absolute atomic E-state index is 0.00366. The summed E-state index contributed by atoms with van der Waals surface area (Å²) >= 11 is 0. The predicted molar refractivity (Wildman–Crippen MR) is 61.1 cm³/mol. The van der Waals surface area contributed by atoms with Gasteiger partial charge in [0.1, 0.15) is 0 Å². The average Bonchev–Trinajstić information content (AvgIpc) is 3.03. The topological polar surface area (TPSA) is 49.9 Å². The largest absolute Gasteiger partial charge is 0.371 e. The van der Waals surface area contributed by atoms with Crippen LogP contribution in [-0.2, 0) is 14.3 Å². The highest BCUT2D eigenvalue weighted by Crippen LogP contribution is 2.60. The molecule has 0 radical (unpaired) electrons. The van der Waals surface area contributed by atoms with Crippen molar-refractivity contribution in [1.29, 1.82) is 0 Å². The van der Waals surface area contributed by atoms with Crippen molar-refractivity contribution in [2.24, 2.45) is 16.7 Å². The van der Waals surface area contributed by atoms with Gasteiger partial charge in [-0.3, -0.25) is 14.5 Å². The van der Waals surface area contributed by atoms with Crippen molar-refractivity contribution in [2.45, 2.75) is 39.7 Å². The molecule has 0 N–H and O–H groups in total. The minimum Gasteiger partial charge on any atom is -0.371 e. The molecule has 3 aliphatic rings. The molecule has 0 unspecified atom stereocenters. The van der Waals surface area contributed by atoms with Gasteiger partial charge in [0.15, 0.2) is 0 Å². The van der Waals surface area contributed by atoms with Gasteiger partial charge in [-0.05, 0) is 18.3 Å². The third-order valence-corrected chi connectivity index (χ3v) is 5.30. The fourth-order valence-corrected chi connectivity index (χ4v) is 3.45. The van der Waals surface area contributed by atoms with Crippen LogP contribution in [0.2, 0.25) is 0 Å². The van der Waals surface area contributed by atoms with Crippen LogP contribution >= 0.6 is 0 Å². The van der Waals surface area contributed by atoms with Crippen molar-refractivity contribution in [2.75, 3.05) is 13.2 Å². The summed E-state index contributed by atoms with van der Waals surface area (Å²) in [6, 6.07) is 0. The van der Waals surface area contributed by atoms with Gasteiger partial charge in [0.2, 0.25) is 11.8 Å². The average molecular weight is 237 g/mol. The fraction of sp³-hybridized carbons (Fsp3) is 0.846. The van der Waals surface area contributed by atoms with Crippen LogP contribution in [-0.4, -0.2) is 36.0 Å². The summed E-state index contributed by atoms with van der Waals surface area (Å²) in [5.74, 6) is 0.0335. The first-order valence-electron chi connectivity index (χ1n) is 6.35. The number of hydrogen-bond acceptors (Lipinski definition) is 3. The smallest absolute Gasteiger partial charge is 0.235 e. The van der Waals surface area contributed by atoms with E-state index in [4.69, 9.17) is 4.74 Å². The number of carbonyl (C=O) groups is 2. The first-order valence-corrected chi connectivity index (χ1v) is 6.35. The van der Waals surface area contributed by atoms with Gasteiger partial charge in [0, 0.05) is 5.92 Å². The van der Waals surface area contributed by atoms with Crippen LogP contribution in [0.1, 0.15) is 33.6 Å². The molecule has 0 aromatic heterocycles. The lowest BCUT2D eigenvalue weighted by Crippen LogP contribution is -2.59. The summed E-state index contributed by atoms with van der Waals surface area (Å²) in [5.41, 5.74) is -0.581. The Kier molecular flexibility index (Phi) is 2.05. The number of carbonyl (C=O) groups excluding carboxylic acids is 2. The van der Waals surface area contributed by atoms with E-state index in [1.165, 1.54) is 4.90 Å². The number of imide groups is 1. The third kappa shape index (κ3) is 1.27. The van der Waals surface area contributed by atoms with Gasteiger partial charge in [-0.1, -0.05) is 20.8 Å². The van der Waals surface area contributed by atoms with E-state index in [9.17, 15) is 9.59 Å². The Morgan fingerprint density at radius 2 is 2.00 bits per heavy atom. The second-order valence-corrected chi connectivity index (χ2v) is 6.35. The van der Waals surface area contributed by atoms with Gasteiger partial charge in [-0.25, -0.2) is 0 Å². The lowest BCUT2D eigenvalue weighted by atomic mass is 9.62. The number of nitrogens with zero attached hydrogens (tertiary/aromatic N) is 1. The van der Waals surface area contributed by atoms with Crippen LogP contribution in [0.4, 0.5) is 0 Å². The second-order valence-electron chi connectivity index (χ2n) is 6.35. The lowest BCUT2D eigenvalue weighted by molar-refractivity contribution is -0.168. The van der Waals surface area contributed by atoms with Gasteiger partial charge < -0.3 is 4.74 Å². The van der Waals surface area contributed by atoms with Crippen LogP contribution < -0.4 is 0 Å². The van der Waals surface area contributed by atoms with Gasteiger partial charge in [-0.15, -0.1) is 0 Å². The summed E-state index contributed by atoms with van der Waals surface area (Å²) in [6.07, 6.45) is 1.76. The molecule has 0 spiro atoms. The van der Waals surface area contributed by atoms with E-state index in [2.05, 4.69) is 13.8 Å². The fourth-order valence-electron chi connectivity index (χ4n) is 3.45. The zero-order valence-electron chi connectivity index (χ0n) is 10.7. The third-order valence-electron chi connectivity index (χ3n) is 5.30. The van der Waals surface area contributed by atoms with Crippen LogP contribution in [0.25, 0.3) is 0 Å². The molecule has 94 valence electrons. The van der Waals surface area contributed by atoms with Crippen LogP contribution in [0, 0.1) is 16.7 Å². The molecule has 4 heteroatoms. The molecule has 3 fully saturated rings. The molecule has 0 aromatic rings. The molecule has 2 heterocycles. The Balaban J connectivity index is 1.96. The quantitative estimate of drug-likeness (QED) is 0.535. The number of rotatable bonds is 2. The molecule has 0 aromatic carbocycles. The van der Waals surface area contributed by atoms with Crippen molar-refractivity contribution in [1.82, 2.24) is 4.90 Å². The molecule has 3 rings (SSSR count). The molecular weight excluding hydrogens is 218 g/mol. The Labute approximate surface area is 101 Å². The lowest BCUT2D eigenvalue weighted by Gasteiger charge is -2.47. The Bertz CT molecular complexity index is 399. The minimum atomic E-state index is -0.375. The maximum absolute atomic E-state index is 12.5. The summed E-state index contributed by atoms with van der Waals surface area (Å²) in [6.45, 7) is 7.28. The number of epoxide rings is 1. The zero-order valence-corrected chi connectivity index (χ0v) is 10.7. The van der Waals surface area contributed by atoms with E-state index in [0.29, 0.717) is 13.2 Å². The summed E-state index contributed by atoms with van der Waals surface area (Å²) in [4.78, 5) is 26.4. The molecule has 2 saturated heterocycles. The van der Waals surface area contributed by atoms with Crippen LogP contribution in [0.3, 0.4) is 0 Å². The SMILES string of the molecule is CC1(C)[C@H]2CC[C@@]1(C)C(=O)N(C[C@@H]1CO1)C2=O. The van der Waals surface area contributed by atoms with Crippen molar-refractivity contribution >= 4 is 11.8 Å². The number of likely N-dealkylation sites (tertiary alicyclic amines) is 1. The number of hydrogen-bond donors (Lipinski definition) is 0. The van der Waals surface area contributed by atoms with Crippen LogP contribution in [0.15, 0.2) is 0 Å². The molecule has 2 aliphatic heterocycles. The maximum atomic E-state index is 12.5. The Morgan fingerprint density at radius 3 is 2.59 bits per heavy atom. The molecular formula is C13H19NO3. The van der Waals surface area contributed by atoms with Gasteiger partial charge in [0.25, 0.3) is 0 Å². The van der Waals surface area contributed by atoms with Crippen molar-refractivity contribution in [3.8, 4) is 0 Å². The number of piperidine rings is 1. The molecule has 3 atom stereocenters. The normalized spacial score (nSPS) is 43.1. The Morgan fingerprint density at radius 1 is 1.35 bits per heavy atom. The highest BCUT2D eigenvalue weighted by Gasteiger charge is 2.64. The maximum Gasteiger partial charge on any atom is 0.235 e. The first kappa shape index (κ1) is 11.2. The first-order chi connectivity index (χ1) is 7.88. The summed E-state index contributed by atoms with van der Waals surface area (Å²) in [5, 5.41) is 0. The van der Waals surface area contributed by atoms with E-state index in [-0.39, 0.29) is 34.7 Å². The van der Waals surface area contributed by atoms with Gasteiger partial charge >= 0.3 is 0 Å². The molecule has 1 saturated carbocycles. The van der Waals surface area contributed by atoms with Crippen molar-refractivity contribution in [3.05, 3.63) is 0 Å². The predicted octanol–water partition coefficient (Wildman–Crippen LogP) is 1.20. The van der Waals surface area contributed by atoms with E-state index >= 15 is 0 Å². The number of amides is 2. The highest BCUT2D eigenvalue weighted by molar-refractivity contribution is 6.03. The molecule has 2 amide bonds. The summed E-state index contributed by atoms with van der Waals surface area (Å²) < 4.78 is 5.14. The molecule has 1 aliphatic carbocycles. The molecule has 4 nitrogen and oxygen atoms in total. The van der Waals surface area contributed by atoms with Gasteiger partial charge in [-0.2, -0.15) is 0 Å². The standard InChI is InChI=1S/C13H19NO3/c1-12(2)9-4-5-13(12,3)11(16)14(10(9)15)6-8-7-17-8/h8-9H,4-7H2,1-3H3/t8-,9+,13+/m1/s1. The highest BCUT2D eigenvalue weighted by atomic mass is 16.6. The number of ether oxygens (including phenoxy) is 1. The second kappa shape index (κ2) is 3.10. The number of fused-ring (bicyclic) bond motifs is 2. The van der Waals surface area contributed by atoms with E-state index in [1.807, 2.05) is 6.92 Å². The molecule has 2 bridgehead atoms. The molecule has 17 heavy (non-hydrogen) atoms. The van der Waals surface area contributed by atoms with Gasteiger partial charge in [0.05, 0.1) is 24.7 Å². The van der Waals surface area contributed by atoms with E-state index in [1.54, 1.807) is 0 Å². The van der Waals surface area contributed by atoms with Crippen LogP contribution in [0.5, 0.6) is 0 Å². The van der Waals surface area contributed by atoms with Crippen molar-refractivity contribution in [3.63, 3.8) is 0 Å². The summed E-state index contributed by atoms with van der Waals surface area (Å²) in [7, 11) is 0. The van der Waals surface area contributed by atoms with E-state index in [0.717, 1.165) is 12.8 Å². The van der Waals surface area contributed by atoms with Crippen molar-refractivity contribution < 1.29 is 14.3 Å². The van der Waals surface area contributed by atoms with E-state index < -0.39 is 0 Å². The monoisotopic (exact) mass is 237 g/mol.